The smallest absolute Gasteiger partial charge is 0.282 e. The number of benzene rings is 1. The van der Waals surface area contributed by atoms with E-state index in [0.29, 0.717) is 0 Å². The van der Waals surface area contributed by atoms with E-state index in [2.05, 4.69) is 20.2 Å². The summed E-state index contributed by atoms with van der Waals surface area (Å²) in [5.41, 5.74) is 0.786. The van der Waals surface area contributed by atoms with Crippen molar-refractivity contribution >= 4 is 17.5 Å². The minimum atomic E-state index is -0.110. The summed E-state index contributed by atoms with van der Waals surface area (Å²) in [6.07, 6.45) is 3.51. The summed E-state index contributed by atoms with van der Waals surface area (Å²) in [4.78, 5) is 24.5. The highest BCUT2D eigenvalue weighted by Crippen LogP contribution is 2.15. The number of hydrogen-bond donors (Lipinski definition) is 2. The average molecular weight is 342 g/mol. The monoisotopic (exact) mass is 342 g/mol. The van der Waals surface area contributed by atoms with E-state index in [1.165, 1.54) is 4.90 Å². The fraction of sp³-hybridized carbons (Fsp3) is 0.389. The van der Waals surface area contributed by atoms with E-state index in [-0.39, 0.29) is 11.9 Å². The van der Waals surface area contributed by atoms with E-state index in [0.717, 1.165) is 43.6 Å². The Balaban J connectivity index is 1.52. The van der Waals surface area contributed by atoms with Crippen molar-refractivity contribution in [3.63, 3.8) is 0 Å². The average Bonchev–Trinajstić information content (AvgIpc) is 2.69. The van der Waals surface area contributed by atoms with Crippen molar-refractivity contribution in [3.8, 4) is 5.75 Å². The molecule has 1 saturated heterocycles. The molecule has 1 fully saturated rings. The lowest BCUT2D eigenvalue weighted by molar-refractivity contribution is -0.914. The van der Waals surface area contributed by atoms with Gasteiger partial charge in [0.15, 0.2) is 6.04 Å². The Hall–Kier alpha value is -2.67. The molecule has 3 rings (SSSR count). The van der Waals surface area contributed by atoms with Crippen LogP contribution in [-0.4, -0.2) is 55.2 Å². The second-order valence-electron chi connectivity index (χ2n) is 6.13. The van der Waals surface area contributed by atoms with Crippen LogP contribution < -0.4 is 19.9 Å². The molecule has 7 heteroatoms. The van der Waals surface area contributed by atoms with Crippen LogP contribution in [0.15, 0.2) is 42.7 Å². The molecule has 25 heavy (non-hydrogen) atoms. The summed E-state index contributed by atoms with van der Waals surface area (Å²) in [6, 6.07) is 9.09. The zero-order valence-electron chi connectivity index (χ0n) is 14.6. The van der Waals surface area contributed by atoms with Crippen LogP contribution in [0.5, 0.6) is 5.75 Å². The van der Waals surface area contributed by atoms with Gasteiger partial charge in [-0.1, -0.05) is 0 Å². The maximum absolute atomic E-state index is 12.5. The second kappa shape index (κ2) is 7.94. The first-order chi connectivity index (χ1) is 12.2. The number of amides is 1. The molecule has 1 atom stereocenters. The lowest BCUT2D eigenvalue weighted by Crippen LogP contribution is -3.19. The molecule has 2 N–H and O–H groups in total. The molecule has 0 saturated carbocycles. The van der Waals surface area contributed by atoms with Gasteiger partial charge in [0.2, 0.25) is 5.95 Å². The number of piperazine rings is 1. The van der Waals surface area contributed by atoms with Gasteiger partial charge in [0, 0.05) is 18.1 Å². The Morgan fingerprint density at radius 1 is 1.20 bits per heavy atom. The Morgan fingerprint density at radius 3 is 2.44 bits per heavy atom. The van der Waals surface area contributed by atoms with Gasteiger partial charge in [-0.2, -0.15) is 0 Å². The lowest BCUT2D eigenvalue weighted by atomic mass is 10.2. The first-order valence-corrected chi connectivity index (χ1v) is 8.49. The molecule has 0 spiro atoms. The van der Waals surface area contributed by atoms with E-state index in [4.69, 9.17) is 4.74 Å². The number of hydrogen-bond acceptors (Lipinski definition) is 5. The fourth-order valence-corrected chi connectivity index (χ4v) is 2.99. The topological polar surface area (TPSA) is 71.8 Å². The number of methoxy groups -OCH3 is 1. The lowest BCUT2D eigenvalue weighted by Gasteiger charge is -2.34. The van der Waals surface area contributed by atoms with Gasteiger partial charge in [-0.05, 0) is 37.3 Å². The molecule has 0 radical (unpaired) electrons. The number of quaternary nitrogens is 1. The summed E-state index contributed by atoms with van der Waals surface area (Å²) >= 11 is 0. The third kappa shape index (κ3) is 4.24. The van der Waals surface area contributed by atoms with E-state index in [1.807, 2.05) is 37.3 Å². The molecule has 132 valence electrons. The predicted molar refractivity (Wildman–Crippen MR) is 96.0 cm³/mol. The van der Waals surface area contributed by atoms with Crippen molar-refractivity contribution < 1.29 is 14.4 Å². The minimum absolute atomic E-state index is 0.0320. The standard InChI is InChI=1S/C18H23N5O2/c1-14(17(24)21-15-4-6-16(25-2)7-5-15)22-10-12-23(13-11-22)18-19-8-3-9-20-18/h3-9,14H,10-13H2,1-2H3,(H,21,24)/p+1/t14-/m1/s1. The molecule has 7 nitrogen and oxygen atoms in total. The number of ether oxygens (including phenoxy) is 1. The van der Waals surface area contributed by atoms with Crippen LogP contribution in [0, 0.1) is 0 Å². The summed E-state index contributed by atoms with van der Waals surface area (Å²) in [5.74, 6) is 1.57. The zero-order chi connectivity index (χ0) is 17.6. The SMILES string of the molecule is COc1ccc(NC(=O)[C@@H](C)[NH+]2CCN(c3ncccn3)CC2)cc1. The van der Waals surface area contributed by atoms with Crippen molar-refractivity contribution in [1.82, 2.24) is 9.97 Å². The number of nitrogens with one attached hydrogen (secondary N) is 2. The fourth-order valence-electron chi connectivity index (χ4n) is 2.99. The number of rotatable bonds is 5. The van der Waals surface area contributed by atoms with Crippen molar-refractivity contribution in [3.05, 3.63) is 42.7 Å². The molecule has 1 aromatic carbocycles. The largest absolute Gasteiger partial charge is 0.497 e. The second-order valence-corrected chi connectivity index (χ2v) is 6.13. The van der Waals surface area contributed by atoms with Crippen LogP contribution in [-0.2, 0) is 4.79 Å². The third-order valence-corrected chi connectivity index (χ3v) is 4.60. The van der Waals surface area contributed by atoms with Crippen molar-refractivity contribution in [2.24, 2.45) is 0 Å². The van der Waals surface area contributed by atoms with E-state index in [9.17, 15) is 4.79 Å². The molecule has 1 aliphatic heterocycles. The number of carbonyl (C=O) groups is 1. The molecular formula is C18H24N5O2+. The quantitative estimate of drug-likeness (QED) is 0.813. The highest BCUT2D eigenvalue weighted by molar-refractivity contribution is 5.93. The molecule has 1 aliphatic rings. The van der Waals surface area contributed by atoms with E-state index in [1.54, 1.807) is 19.5 Å². The van der Waals surface area contributed by atoms with Crippen LogP contribution in [0.3, 0.4) is 0 Å². The van der Waals surface area contributed by atoms with E-state index < -0.39 is 0 Å². The zero-order valence-corrected chi connectivity index (χ0v) is 14.6. The highest BCUT2D eigenvalue weighted by Gasteiger charge is 2.29. The Bertz CT molecular complexity index is 684. The van der Waals surface area contributed by atoms with Crippen LogP contribution in [0.1, 0.15) is 6.92 Å². The normalized spacial score (nSPS) is 16.3. The van der Waals surface area contributed by atoms with Crippen LogP contribution in [0.4, 0.5) is 11.6 Å². The summed E-state index contributed by atoms with van der Waals surface area (Å²) in [7, 11) is 1.62. The maximum Gasteiger partial charge on any atom is 0.282 e. The van der Waals surface area contributed by atoms with Gasteiger partial charge in [-0.25, -0.2) is 9.97 Å². The number of nitrogens with zero attached hydrogens (tertiary/aromatic N) is 3. The molecule has 2 heterocycles. The molecule has 1 aromatic heterocycles. The Labute approximate surface area is 147 Å². The van der Waals surface area contributed by atoms with Gasteiger partial charge in [0.05, 0.1) is 33.3 Å². The Kier molecular flexibility index (Phi) is 5.45. The first kappa shape index (κ1) is 17.2. The van der Waals surface area contributed by atoms with Gasteiger partial charge in [-0.15, -0.1) is 0 Å². The molecular weight excluding hydrogens is 318 g/mol. The van der Waals surface area contributed by atoms with Gasteiger partial charge >= 0.3 is 0 Å². The van der Waals surface area contributed by atoms with Gasteiger partial charge in [-0.3, -0.25) is 4.79 Å². The first-order valence-electron chi connectivity index (χ1n) is 8.49. The van der Waals surface area contributed by atoms with Gasteiger partial charge in [0.25, 0.3) is 5.91 Å². The third-order valence-electron chi connectivity index (χ3n) is 4.60. The maximum atomic E-state index is 12.5. The van der Waals surface area contributed by atoms with Crippen molar-refractivity contribution in [2.45, 2.75) is 13.0 Å². The summed E-state index contributed by atoms with van der Waals surface area (Å²) < 4.78 is 5.13. The van der Waals surface area contributed by atoms with Crippen molar-refractivity contribution in [1.29, 1.82) is 0 Å². The molecule has 0 unspecified atom stereocenters. The van der Waals surface area contributed by atoms with Crippen LogP contribution in [0.25, 0.3) is 0 Å². The van der Waals surface area contributed by atoms with Crippen molar-refractivity contribution in [2.75, 3.05) is 43.5 Å². The number of aromatic nitrogens is 2. The van der Waals surface area contributed by atoms with Gasteiger partial charge in [0.1, 0.15) is 5.75 Å². The minimum Gasteiger partial charge on any atom is -0.497 e. The number of carbonyl (C=O) groups excluding carboxylic acids is 1. The summed E-state index contributed by atoms with van der Waals surface area (Å²) in [5, 5.41) is 2.98. The van der Waals surface area contributed by atoms with Crippen LogP contribution in [0.2, 0.25) is 0 Å². The molecule has 0 bridgehead atoms. The number of anilines is 2. The highest BCUT2D eigenvalue weighted by atomic mass is 16.5. The molecule has 1 amide bonds. The molecule has 0 aliphatic carbocycles. The van der Waals surface area contributed by atoms with E-state index >= 15 is 0 Å². The predicted octanol–water partition coefficient (Wildman–Crippen LogP) is 0.217. The Morgan fingerprint density at radius 2 is 1.84 bits per heavy atom. The summed E-state index contributed by atoms with van der Waals surface area (Å²) in [6.45, 7) is 5.44. The van der Waals surface area contributed by atoms with Gasteiger partial charge < -0.3 is 19.9 Å². The van der Waals surface area contributed by atoms with Crippen LogP contribution >= 0.6 is 0 Å². The molecule has 2 aromatic rings.